The highest BCUT2D eigenvalue weighted by atomic mass is 16.1. The number of hydrogen-bond acceptors (Lipinski definition) is 3. The van der Waals surface area contributed by atoms with Crippen LogP contribution < -0.4 is 0 Å². The Kier molecular flexibility index (Phi) is 1.45. The standard InChI is InChI=1S/C7H8N3O/c11-4-6-2-1-3-10-5-8-9-7(6)10/h5-6H,1-3H2. The highest BCUT2D eigenvalue weighted by molar-refractivity contribution is 5.60. The quantitative estimate of drug-likeness (QED) is 0.577. The second-order valence-electron chi connectivity index (χ2n) is 2.70. The van der Waals surface area contributed by atoms with E-state index in [1.165, 1.54) is 0 Å². The van der Waals surface area contributed by atoms with Crippen LogP contribution in [0.2, 0.25) is 0 Å². The molecule has 2 heterocycles. The van der Waals surface area contributed by atoms with Gasteiger partial charge in [-0.3, -0.25) is 4.79 Å². The minimum Gasteiger partial charge on any atom is -0.317 e. The van der Waals surface area contributed by atoms with Crippen LogP contribution in [0.15, 0.2) is 6.33 Å². The number of hydrogen-bond donors (Lipinski definition) is 0. The maximum Gasteiger partial charge on any atom is 0.209 e. The molecule has 1 aliphatic heterocycles. The molecule has 57 valence electrons. The lowest BCUT2D eigenvalue weighted by molar-refractivity contribution is 0.471. The van der Waals surface area contributed by atoms with Crippen molar-refractivity contribution in [3.63, 3.8) is 0 Å². The van der Waals surface area contributed by atoms with Crippen molar-refractivity contribution >= 4 is 6.29 Å². The fourth-order valence-corrected chi connectivity index (χ4v) is 1.41. The molecule has 0 fully saturated rings. The molecule has 1 aliphatic rings. The van der Waals surface area contributed by atoms with E-state index in [2.05, 4.69) is 10.2 Å². The molecule has 1 unspecified atom stereocenters. The summed E-state index contributed by atoms with van der Waals surface area (Å²) in [5.41, 5.74) is 0. The Morgan fingerprint density at radius 3 is 3.45 bits per heavy atom. The van der Waals surface area contributed by atoms with Gasteiger partial charge in [0.05, 0.1) is 5.92 Å². The molecule has 1 aromatic heterocycles. The second kappa shape index (κ2) is 2.45. The number of aryl methyl sites for hydroxylation is 1. The van der Waals surface area contributed by atoms with Crippen LogP contribution in [0.1, 0.15) is 24.6 Å². The normalized spacial score (nSPS) is 22.7. The van der Waals surface area contributed by atoms with Gasteiger partial charge in [0, 0.05) is 6.54 Å². The number of fused-ring (bicyclic) bond motifs is 1. The summed E-state index contributed by atoms with van der Waals surface area (Å²) in [7, 11) is 0. The molecule has 0 bridgehead atoms. The molecule has 11 heavy (non-hydrogen) atoms. The van der Waals surface area contributed by atoms with Crippen molar-refractivity contribution in [2.24, 2.45) is 0 Å². The van der Waals surface area contributed by atoms with Gasteiger partial charge >= 0.3 is 0 Å². The van der Waals surface area contributed by atoms with Crippen LogP contribution in [-0.2, 0) is 11.3 Å². The topological polar surface area (TPSA) is 47.8 Å². The number of rotatable bonds is 1. The lowest BCUT2D eigenvalue weighted by Crippen LogP contribution is -2.16. The van der Waals surface area contributed by atoms with Crippen LogP contribution in [0.4, 0.5) is 0 Å². The van der Waals surface area contributed by atoms with Crippen LogP contribution in [0, 0.1) is 0 Å². The van der Waals surface area contributed by atoms with Crippen LogP contribution in [-0.4, -0.2) is 21.1 Å². The summed E-state index contributed by atoms with van der Waals surface area (Å²) < 4.78 is 1.92. The van der Waals surface area contributed by atoms with Gasteiger partial charge in [0.15, 0.2) is 0 Å². The summed E-state index contributed by atoms with van der Waals surface area (Å²) in [6, 6.07) is 0. The lowest BCUT2D eigenvalue weighted by atomic mass is 10.0. The van der Waals surface area contributed by atoms with Gasteiger partial charge in [-0.25, -0.2) is 0 Å². The summed E-state index contributed by atoms with van der Waals surface area (Å²) in [5.74, 6) is 0.623. The lowest BCUT2D eigenvalue weighted by Gasteiger charge is -2.16. The Bertz CT molecular complexity index is 268. The molecule has 0 aliphatic carbocycles. The average Bonchev–Trinajstić information content (AvgIpc) is 2.50. The number of carbonyl (C=O) groups excluding carboxylic acids is 1. The number of aromatic nitrogens is 3. The summed E-state index contributed by atoms with van der Waals surface area (Å²) in [6.07, 6.45) is 5.52. The molecular formula is C7H8N3O. The first-order chi connectivity index (χ1) is 5.42. The molecule has 0 amide bonds. The van der Waals surface area contributed by atoms with Gasteiger partial charge in [-0.1, -0.05) is 0 Å². The van der Waals surface area contributed by atoms with E-state index < -0.39 is 0 Å². The maximum atomic E-state index is 10.4. The Balaban J connectivity index is 2.39. The zero-order valence-corrected chi connectivity index (χ0v) is 6.03. The zero-order chi connectivity index (χ0) is 7.68. The number of nitrogens with zero attached hydrogens (tertiary/aromatic N) is 3. The van der Waals surface area contributed by atoms with Crippen LogP contribution in [0.3, 0.4) is 0 Å². The molecule has 1 radical (unpaired) electrons. The molecule has 4 nitrogen and oxygen atoms in total. The third-order valence-corrected chi connectivity index (χ3v) is 1.99. The first kappa shape index (κ1) is 6.52. The van der Waals surface area contributed by atoms with Crippen molar-refractivity contribution in [1.82, 2.24) is 14.8 Å². The van der Waals surface area contributed by atoms with Crippen molar-refractivity contribution in [2.45, 2.75) is 25.3 Å². The fourth-order valence-electron chi connectivity index (χ4n) is 1.41. The molecule has 0 N–H and O–H groups in total. The molecule has 1 aromatic rings. The van der Waals surface area contributed by atoms with Gasteiger partial charge in [0.25, 0.3) is 0 Å². The Hall–Kier alpha value is -1.19. The molecule has 1 atom stereocenters. The fraction of sp³-hybridized carbons (Fsp3) is 0.571. The SMILES string of the molecule is O=[C]C1CCCn2cnnc21. The first-order valence-electron chi connectivity index (χ1n) is 3.67. The van der Waals surface area contributed by atoms with Crippen molar-refractivity contribution in [3.8, 4) is 0 Å². The van der Waals surface area contributed by atoms with Crippen LogP contribution in [0.5, 0.6) is 0 Å². The van der Waals surface area contributed by atoms with Gasteiger partial charge in [-0.15, -0.1) is 10.2 Å². The van der Waals surface area contributed by atoms with Crippen molar-refractivity contribution in [3.05, 3.63) is 12.2 Å². The van der Waals surface area contributed by atoms with Crippen molar-refractivity contribution in [2.75, 3.05) is 0 Å². The maximum absolute atomic E-state index is 10.4. The zero-order valence-electron chi connectivity index (χ0n) is 6.03. The Morgan fingerprint density at radius 1 is 1.73 bits per heavy atom. The average molecular weight is 150 g/mol. The predicted molar refractivity (Wildman–Crippen MR) is 37.7 cm³/mol. The van der Waals surface area contributed by atoms with E-state index in [0.29, 0.717) is 0 Å². The monoisotopic (exact) mass is 150 g/mol. The van der Waals surface area contributed by atoms with E-state index in [-0.39, 0.29) is 5.92 Å². The summed E-state index contributed by atoms with van der Waals surface area (Å²) in [5, 5.41) is 7.60. The van der Waals surface area contributed by atoms with Gasteiger partial charge < -0.3 is 4.57 Å². The van der Waals surface area contributed by atoms with Crippen LogP contribution in [0.25, 0.3) is 0 Å². The van der Waals surface area contributed by atoms with E-state index in [1.54, 1.807) is 6.33 Å². The van der Waals surface area contributed by atoms with Crippen LogP contribution >= 0.6 is 0 Å². The van der Waals surface area contributed by atoms with Gasteiger partial charge in [0.1, 0.15) is 12.2 Å². The molecule has 0 spiro atoms. The highest BCUT2D eigenvalue weighted by Crippen LogP contribution is 2.22. The van der Waals surface area contributed by atoms with E-state index in [1.807, 2.05) is 10.9 Å². The third kappa shape index (κ3) is 0.943. The second-order valence-corrected chi connectivity index (χ2v) is 2.70. The summed E-state index contributed by atoms with van der Waals surface area (Å²) >= 11 is 0. The molecule has 0 aromatic carbocycles. The van der Waals surface area contributed by atoms with Gasteiger partial charge in [-0.05, 0) is 12.8 Å². The highest BCUT2D eigenvalue weighted by Gasteiger charge is 2.21. The molecule has 0 saturated heterocycles. The van der Waals surface area contributed by atoms with E-state index >= 15 is 0 Å². The Morgan fingerprint density at radius 2 is 2.64 bits per heavy atom. The minimum atomic E-state index is -0.147. The molecule has 4 heteroatoms. The van der Waals surface area contributed by atoms with Gasteiger partial charge in [0.2, 0.25) is 6.29 Å². The third-order valence-electron chi connectivity index (χ3n) is 1.99. The largest absolute Gasteiger partial charge is 0.317 e. The molecular weight excluding hydrogens is 142 g/mol. The van der Waals surface area contributed by atoms with E-state index in [4.69, 9.17) is 0 Å². The summed E-state index contributed by atoms with van der Waals surface area (Å²) in [6.45, 7) is 0.931. The molecule has 0 saturated carbocycles. The minimum absolute atomic E-state index is 0.147. The Labute approximate surface area is 64.2 Å². The molecule has 2 rings (SSSR count). The van der Waals surface area contributed by atoms with E-state index in [9.17, 15) is 4.79 Å². The van der Waals surface area contributed by atoms with Gasteiger partial charge in [-0.2, -0.15) is 0 Å². The predicted octanol–water partition coefficient (Wildman–Crippen LogP) is 0.265. The van der Waals surface area contributed by atoms with Crippen molar-refractivity contribution < 1.29 is 4.79 Å². The summed E-state index contributed by atoms with van der Waals surface area (Å²) in [4.78, 5) is 10.4. The smallest absolute Gasteiger partial charge is 0.209 e. The van der Waals surface area contributed by atoms with E-state index in [0.717, 1.165) is 25.2 Å². The first-order valence-corrected chi connectivity index (χ1v) is 3.67. The van der Waals surface area contributed by atoms with Crippen molar-refractivity contribution in [1.29, 1.82) is 0 Å².